The number of nitrogens with zero attached hydrogens (tertiary/aromatic N) is 2. The smallest absolute Gasteiger partial charge is 0.254 e. The Morgan fingerprint density at radius 1 is 1.03 bits per heavy atom. The number of carbonyl (C=O) groups excluding carboxylic acids is 1. The molecule has 0 spiro atoms. The molecule has 31 heavy (non-hydrogen) atoms. The van der Waals surface area contributed by atoms with E-state index in [4.69, 9.17) is 4.74 Å². The number of carbonyl (C=O) groups is 1. The van der Waals surface area contributed by atoms with E-state index < -0.39 is 0 Å². The molecule has 0 radical (unpaired) electrons. The zero-order chi connectivity index (χ0) is 21.6. The molecule has 0 aliphatic heterocycles. The molecular weight excluding hydrogens is 384 g/mol. The molecule has 0 atom stereocenters. The third-order valence-corrected chi connectivity index (χ3v) is 6.39. The summed E-state index contributed by atoms with van der Waals surface area (Å²) in [6.45, 7) is 3.42. The molecule has 4 nitrogen and oxygen atoms in total. The summed E-state index contributed by atoms with van der Waals surface area (Å²) in [6, 6.07) is 20.6. The zero-order valence-corrected chi connectivity index (χ0v) is 18.6. The van der Waals surface area contributed by atoms with Gasteiger partial charge in [0, 0.05) is 30.0 Å². The van der Waals surface area contributed by atoms with Crippen molar-refractivity contribution in [2.24, 2.45) is 0 Å². The van der Waals surface area contributed by atoms with Gasteiger partial charge in [0.15, 0.2) is 0 Å². The van der Waals surface area contributed by atoms with E-state index in [1.165, 1.54) is 24.8 Å². The van der Waals surface area contributed by atoms with E-state index in [1.807, 2.05) is 43.3 Å². The first-order valence-electron chi connectivity index (χ1n) is 11.3. The van der Waals surface area contributed by atoms with Crippen LogP contribution < -0.4 is 4.74 Å². The van der Waals surface area contributed by atoms with Gasteiger partial charge in [0.05, 0.1) is 13.7 Å². The summed E-state index contributed by atoms with van der Waals surface area (Å²) in [6.07, 6.45) is 7.96. The molecule has 162 valence electrons. The summed E-state index contributed by atoms with van der Waals surface area (Å²) in [5.74, 6) is 1.02. The average molecular weight is 417 g/mol. The van der Waals surface area contributed by atoms with E-state index >= 15 is 0 Å². The number of hydrogen-bond acceptors (Lipinski definition) is 2. The normalized spacial score (nSPS) is 14.4. The summed E-state index contributed by atoms with van der Waals surface area (Å²) in [5, 5.41) is 0. The van der Waals surface area contributed by atoms with Crippen molar-refractivity contribution in [1.82, 2.24) is 9.47 Å². The van der Waals surface area contributed by atoms with Crippen molar-refractivity contribution in [2.45, 2.75) is 58.2 Å². The highest BCUT2D eigenvalue weighted by atomic mass is 16.5. The minimum atomic E-state index is 0.152. The van der Waals surface area contributed by atoms with Gasteiger partial charge in [-0.3, -0.25) is 4.79 Å². The highest BCUT2D eigenvalue weighted by Crippen LogP contribution is 2.27. The first-order chi connectivity index (χ1) is 15.2. The SMILES string of the molecule is COc1cccc(Cn2cccc2CN(C(=O)c2ccccc2C)C2CCCCC2)c1. The number of benzene rings is 2. The van der Waals surface area contributed by atoms with Gasteiger partial charge in [-0.25, -0.2) is 0 Å². The standard InChI is InChI=1S/C27H32N2O2/c1-21-10-6-7-16-26(21)27(30)29(23-12-4-3-5-13-23)20-24-14-9-17-28(24)19-22-11-8-15-25(18-22)31-2/h6-11,14-18,23H,3-5,12-13,19-20H2,1-2H3. The third kappa shape index (κ3) is 5.01. The van der Waals surface area contributed by atoms with Crippen LogP contribution >= 0.6 is 0 Å². The van der Waals surface area contributed by atoms with E-state index in [1.54, 1.807) is 7.11 Å². The Balaban J connectivity index is 1.59. The maximum atomic E-state index is 13.6. The van der Waals surface area contributed by atoms with Crippen LogP contribution in [0.25, 0.3) is 0 Å². The van der Waals surface area contributed by atoms with Gasteiger partial charge < -0.3 is 14.2 Å². The lowest BCUT2D eigenvalue weighted by atomic mass is 9.93. The Morgan fingerprint density at radius 3 is 2.61 bits per heavy atom. The molecule has 1 aromatic heterocycles. The first kappa shape index (κ1) is 21.2. The lowest BCUT2D eigenvalue weighted by Crippen LogP contribution is -2.41. The number of ether oxygens (including phenoxy) is 1. The number of aryl methyl sites for hydroxylation is 1. The van der Waals surface area contributed by atoms with Crippen LogP contribution in [0.2, 0.25) is 0 Å². The van der Waals surface area contributed by atoms with Gasteiger partial charge in [-0.1, -0.05) is 49.6 Å². The Hall–Kier alpha value is -3.01. The van der Waals surface area contributed by atoms with Crippen molar-refractivity contribution >= 4 is 5.91 Å². The molecule has 1 fully saturated rings. The summed E-state index contributed by atoms with van der Waals surface area (Å²) >= 11 is 0. The average Bonchev–Trinajstić information content (AvgIpc) is 3.24. The van der Waals surface area contributed by atoms with Crippen molar-refractivity contribution in [3.63, 3.8) is 0 Å². The van der Waals surface area contributed by atoms with Gasteiger partial charge in [-0.2, -0.15) is 0 Å². The van der Waals surface area contributed by atoms with E-state index in [9.17, 15) is 4.79 Å². The van der Waals surface area contributed by atoms with Crippen LogP contribution in [-0.4, -0.2) is 28.5 Å². The molecule has 4 heteroatoms. The second-order valence-electron chi connectivity index (χ2n) is 8.52. The van der Waals surface area contributed by atoms with Gasteiger partial charge in [-0.05, 0) is 61.2 Å². The molecule has 0 N–H and O–H groups in total. The molecule has 1 aliphatic rings. The van der Waals surface area contributed by atoms with Crippen LogP contribution in [0.4, 0.5) is 0 Å². The number of hydrogen-bond donors (Lipinski definition) is 0. The number of aromatic nitrogens is 1. The molecular formula is C27H32N2O2. The molecule has 0 saturated heterocycles. The van der Waals surface area contributed by atoms with Gasteiger partial charge in [0.1, 0.15) is 5.75 Å². The van der Waals surface area contributed by atoms with Crippen molar-refractivity contribution in [2.75, 3.05) is 7.11 Å². The minimum Gasteiger partial charge on any atom is -0.497 e. The van der Waals surface area contributed by atoms with E-state index in [-0.39, 0.29) is 5.91 Å². The zero-order valence-electron chi connectivity index (χ0n) is 18.6. The fourth-order valence-electron chi connectivity index (χ4n) is 4.62. The molecule has 4 rings (SSSR count). The highest BCUT2D eigenvalue weighted by molar-refractivity contribution is 5.95. The van der Waals surface area contributed by atoms with Gasteiger partial charge in [-0.15, -0.1) is 0 Å². The Labute approximate surface area is 185 Å². The maximum absolute atomic E-state index is 13.6. The Kier molecular flexibility index (Phi) is 6.76. The van der Waals surface area contributed by atoms with Crippen LogP contribution in [0.1, 0.15) is 59.3 Å². The molecule has 1 aliphatic carbocycles. The van der Waals surface area contributed by atoms with Gasteiger partial charge >= 0.3 is 0 Å². The molecule has 1 saturated carbocycles. The molecule has 0 unspecified atom stereocenters. The Morgan fingerprint density at radius 2 is 1.84 bits per heavy atom. The molecule has 2 aromatic carbocycles. The first-order valence-corrected chi connectivity index (χ1v) is 11.3. The lowest BCUT2D eigenvalue weighted by molar-refractivity contribution is 0.0608. The number of methoxy groups -OCH3 is 1. The monoisotopic (exact) mass is 416 g/mol. The van der Waals surface area contributed by atoms with Gasteiger partial charge in [0.2, 0.25) is 0 Å². The number of rotatable bonds is 7. The van der Waals surface area contributed by atoms with Gasteiger partial charge in [0.25, 0.3) is 5.91 Å². The molecule has 1 heterocycles. The fraction of sp³-hybridized carbons (Fsp3) is 0.370. The number of amides is 1. The summed E-state index contributed by atoms with van der Waals surface area (Å²) in [4.78, 5) is 15.8. The van der Waals surface area contributed by atoms with Crippen molar-refractivity contribution < 1.29 is 9.53 Å². The summed E-state index contributed by atoms with van der Waals surface area (Å²) in [7, 11) is 1.69. The molecule has 3 aromatic rings. The van der Waals surface area contributed by atoms with E-state index in [0.29, 0.717) is 12.6 Å². The van der Waals surface area contributed by atoms with Crippen LogP contribution in [0.15, 0.2) is 66.9 Å². The largest absolute Gasteiger partial charge is 0.497 e. The third-order valence-electron chi connectivity index (χ3n) is 6.39. The Bertz CT molecular complexity index is 1020. The predicted octanol–water partition coefficient (Wildman–Crippen LogP) is 5.83. The summed E-state index contributed by atoms with van der Waals surface area (Å²) in [5.41, 5.74) is 4.21. The van der Waals surface area contributed by atoms with E-state index in [2.05, 4.69) is 39.9 Å². The fourth-order valence-corrected chi connectivity index (χ4v) is 4.62. The van der Waals surface area contributed by atoms with E-state index in [0.717, 1.165) is 42.0 Å². The van der Waals surface area contributed by atoms with Crippen LogP contribution in [0.5, 0.6) is 5.75 Å². The van der Waals surface area contributed by atoms with Crippen LogP contribution in [0, 0.1) is 6.92 Å². The summed E-state index contributed by atoms with van der Waals surface area (Å²) < 4.78 is 7.62. The molecule has 0 bridgehead atoms. The highest BCUT2D eigenvalue weighted by Gasteiger charge is 2.27. The predicted molar refractivity (Wildman–Crippen MR) is 124 cm³/mol. The van der Waals surface area contributed by atoms with Crippen LogP contribution in [0.3, 0.4) is 0 Å². The maximum Gasteiger partial charge on any atom is 0.254 e. The lowest BCUT2D eigenvalue weighted by Gasteiger charge is -2.35. The second-order valence-corrected chi connectivity index (χ2v) is 8.52. The topological polar surface area (TPSA) is 34.5 Å². The van der Waals surface area contributed by atoms with Crippen molar-refractivity contribution in [3.8, 4) is 5.75 Å². The minimum absolute atomic E-state index is 0.152. The second kappa shape index (κ2) is 9.86. The molecule has 1 amide bonds. The van der Waals surface area contributed by atoms with Crippen LogP contribution in [-0.2, 0) is 13.1 Å². The quantitative estimate of drug-likeness (QED) is 0.486. The van der Waals surface area contributed by atoms with Crippen molar-refractivity contribution in [3.05, 3.63) is 89.2 Å². The van der Waals surface area contributed by atoms with Crippen molar-refractivity contribution in [1.29, 1.82) is 0 Å².